The molecule has 1 aromatic carbocycles. The predicted octanol–water partition coefficient (Wildman–Crippen LogP) is 3.94. The summed E-state index contributed by atoms with van der Waals surface area (Å²) in [4.78, 5) is 12.6. The summed E-state index contributed by atoms with van der Waals surface area (Å²) in [6.07, 6.45) is 1.87. The summed E-state index contributed by atoms with van der Waals surface area (Å²) in [5.74, 6) is -2.00. The van der Waals surface area contributed by atoms with E-state index in [2.05, 4.69) is 21.2 Å². The zero-order valence-corrected chi connectivity index (χ0v) is 13.2. The van der Waals surface area contributed by atoms with Crippen LogP contribution in [-0.4, -0.2) is 18.9 Å². The van der Waals surface area contributed by atoms with Crippen molar-refractivity contribution in [2.24, 2.45) is 11.3 Å². The minimum atomic E-state index is -0.813. The number of carbonyl (C=O) groups is 1. The lowest BCUT2D eigenvalue weighted by molar-refractivity contribution is 0.0698. The molecule has 1 aromatic rings. The summed E-state index contributed by atoms with van der Waals surface area (Å²) in [6.45, 7) is 5.18. The molecule has 0 aliphatic carbocycles. The highest BCUT2D eigenvalue weighted by molar-refractivity contribution is 9.10. The molecule has 1 atom stereocenters. The first-order valence-electron chi connectivity index (χ1n) is 6.74. The molecule has 0 bridgehead atoms. The molecule has 0 amide bonds. The van der Waals surface area contributed by atoms with Gasteiger partial charge in [-0.2, -0.15) is 0 Å². The Labute approximate surface area is 126 Å². The van der Waals surface area contributed by atoms with E-state index in [4.69, 9.17) is 0 Å². The average molecular weight is 346 g/mol. The van der Waals surface area contributed by atoms with Crippen LogP contribution in [0.4, 0.5) is 8.78 Å². The number of hydrogen-bond donors (Lipinski definition) is 1. The summed E-state index contributed by atoms with van der Waals surface area (Å²) < 4.78 is 28.1. The maximum Gasteiger partial charge on any atom is 0.174 e. The summed E-state index contributed by atoms with van der Waals surface area (Å²) in [7, 11) is 0. The molecule has 110 valence electrons. The summed E-state index contributed by atoms with van der Waals surface area (Å²) >= 11 is 3.01. The first-order chi connectivity index (χ1) is 9.35. The zero-order valence-electron chi connectivity index (χ0n) is 11.6. The lowest BCUT2D eigenvalue weighted by Crippen LogP contribution is -2.43. The SMILES string of the molecule is CC(C)(C(=O)c1c(F)ccc(Br)c1F)C1CCCNC1. The zero-order chi connectivity index (χ0) is 14.9. The van der Waals surface area contributed by atoms with E-state index in [0.29, 0.717) is 6.54 Å². The third kappa shape index (κ3) is 2.79. The molecule has 2 rings (SSSR count). The molecule has 0 saturated carbocycles. The standard InChI is InChI=1S/C15H18BrF2NO/c1-15(2,9-4-3-7-19-8-9)14(20)12-11(17)6-5-10(16)13(12)18/h5-6,9,19H,3-4,7-8H2,1-2H3. The van der Waals surface area contributed by atoms with Crippen molar-refractivity contribution in [3.8, 4) is 0 Å². The molecular formula is C15H18BrF2NO. The molecule has 1 fully saturated rings. The fourth-order valence-corrected chi connectivity index (χ4v) is 3.04. The number of rotatable bonds is 3. The minimum absolute atomic E-state index is 0.0848. The van der Waals surface area contributed by atoms with E-state index in [1.807, 2.05) is 0 Å². The Balaban J connectivity index is 2.37. The van der Waals surface area contributed by atoms with Crippen molar-refractivity contribution in [3.05, 3.63) is 33.8 Å². The normalized spacial score (nSPS) is 19.9. The number of benzene rings is 1. The molecule has 1 N–H and O–H groups in total. The van der Waals surface area contributed by atoms with Crippen LogP contribution in [0.25, 0.3) is 0 Å². The molecule has 0 aromatic heterocycles. The third-order valence-electron chi connectivity index (χ3n) is 4.17. The molecular weight excluding hydrogens is 328 g/mol. The maximum atomic E-state index is 14.1. The van der Waals surface area contributed by atoms with Gasteiger partial charge in [0.1, 0.15) is 5.82 Å². The van der Waals surface area contributed by atoms with Gasteiger partial charge in [0, 0.05) is 5.41 Å². The van der Waals surface area contributed by atoms with Gasteiger partial charge in [0.15, 0.2) is 11.6 Å². The second kappa shape index (κ2) is 5.90. The van der Waals surface area contributed by atoms with Gasteiger partial charge in [0.25, 0.3) is 0 Å². The molecule has 5 heteroatoms. The Bertz CT molecular complexity index is 525. The van der Waals surface area contributed by atoms with Crippen molar-refractivity contribution >= 4 is 21.7 Å². The van der Waals surface area contributed by atoms with Gasteiger partial charge in [0.05, 0.1) is 10.0 Å². The van der Waals surface area contributed by atoms with Gasteiger partial charge in [-0.15, -0.1) is 0 Å². The molecule has 0 radical (unpaired) electrons. The largest absolute Gasteiger partial charge is 0.316 e. The second-order valence-electron chi connectivity index (χ2n) is 5.81. The number of hydrogen-bond acceptors (Lipinski definition) is 2. The lowest BCUT2D eigenvalue weighted by atomic mass is 9.70. The number of ketones is 1. The van der Waals surface area contributed by atoms with Crippen LogP contribution < -0.4 is 5.32 Å². The number of halogens is 3. The van der Waals surface area contributed by atoms with Crippen LogP contribution in [0.15, 0.2) is 16.6 Å². The van der Waals surface area contributed by atoms with Crippen LogP contribution in [0.5, 0.6) is 0 Å². The quantitative estimate of drug-likeness (QED) is 0.664. The average Bonchev–Trinajstić information content (AvgIpc) is 2.44. The number of Topliss-reactive ketones (excluding diaryl/α,β-unsaturated/α-hetero) is 1. The van der Waals surface area contributed by atoms with Crippen LogP contribution in [0, 0.1) is 23.0 Å². The van der Waals surface area contributed by atoms with Gasteiger partial charge >= 0.3 is 0 Å². The smallest absolute Gasteiger partial charge is 0.174 e. The summed E-state index contributed by atoms with van der Waals surface area (Å²) in [6, 6.07) is 2.40. The van der Waals surface area contributed by atoms with Crippen molar-refractivity contribution < 1.29 is 13.6 Å². The van der Waals surface area contributed by atoms with Crippen LogP contribution >= 0.6 is 15.9 Å². The van der Waals surface area contributed by atoms with Crippen molar-refractivity contribution in [3.63, 3.8) is 0 Å². The van der Waals surface area contributed by atoms with Gasteiger partial charge in [-0.05, 0) is 59.9 Å². The van der Waals surface area contributed by atoms with E-state index in [1.165, 1.54) is 6.07 Å². The Hall–Kier alpha value is -0.810. The van der Waals surface area contributed by atoms with Crippen molar-refractivity contribution in [1.82, 2.24) is 5.32 Å². The molecule has 1 aliphatic rings. The van der Waals surface area contributed by atoms with Crippen molar-refractivity contribution in [2.75, 3.05) is 13.1 Å². The molecule has 20 heavy (non-hydrogen) atoms. The molecule has 1 heterocycles. The van der Waals surface area contributed by atoms with Gasteiger partial charge in [-0.1, -0.05) is 13.8 Å². The fourth-order valence-electron chi connectivity index (χ4n) is 2.71. The van der Waals surface area contributed by atoms with E-state index in [1.54, 1.807) is 13.8 Å². The number of piperidine rings is 1. The van der Waals surface area contributed by atoms with E-state index < -0.39 is 28.4 Å². The topological polar surface area (TPSA) is 29.1 Å². The second-order valence-corrected chi connectivity index (χ2v) is 6.67. The Morgan fingerprint density at radius 1 is 1.40 bits per heavy atom. The summed E-state index contributed by atoms with van der Waals surface area (Å²) in [5, 5.41) is 3.24. The van der Waals surface area contributed by atoms with Gasteiger partial charge < -0.3 is 5.32 Å². The molecule has 0 spiro atoms. The Morgan fingerprint density at radius 2 is 2.10 bits per heavy atom. The molecule has 2 nitrogen and oxygen atoms in total. The van der Waals surface area contributed by atoms with Crippen molar-refractivity contribution in [2.45, 2.75) is 26.7 Å². The Morgan fingerprint density at radius 3 is 2.70 bits per heavy atom. The van der Waals surface area contributed by atoms with Gasteiger partial charge in [-0.3, -0.25) is 4.79 Å². The number of nitrogens with one attached hydrogen (secondary N) is 1. The molecule has 1 saturated heterocycles. The monoisotopic (exact) mass is 345 g/mol. The van der Waals surface area contributed by atoms with Gasteiger partial charge in [0.2, 0.25) is 0 Å². The van der Waals surface area contributed by atoms with Crippen molar-refractivity contribution in [1.29, 1.82) is 0 Å². The highest BCUT2D eigenvalue weighted by atomic mass is 79.9. The van der Waals surface area contributed by atoms with Gasteiger partial charge in [-0.25, -0.2) is 8.78 Å². The Kier molecular flexibility index (Phi) is 4.59. The highest BCUT2D eigenvalue weighted by Crippen LogP contribution is 2.37. The minimum Gasteiger partial charge on any atom is -0.316 e. The molecule has 1 unspecified atom stereocenters. The first-order valence-corrected chi connectivity index (χ1v) is 7.54. The van der Waals surface area contributed by atoms with Crippen LogP contribution in [0.3, 0.4) is 0 Å². The summed E-state index contributed by atoms with van der Waals surface area (Å²) in [5.41, 5.74) is -1.23. The number of carbonyl (C=O) groups excluding carboxylic acids is 1. The predicted molar refractivity (Wildman–Crippen MR) is 77.8 cm³/mol. The third-order valence-corrected chi connectivity index (χ3v) is 4.79. The van der Waals surface area contributed by atoms with E-state index >= 15 is 0 Å². The van der Waals surface area contributed by atoms with Crippen LogP contribution in [-0.2, 0) is 0 Å². The lowest BCUT2D eigenvalue weighted by Gasteiger charge is -2.36. The highest BCUT2D eigenvalue weighted by Gasteiger charge is 2.40. The first kappa shape index (κ1) is 15.6. The maximum absolute atomic E-state index is 14.1. The molecule has 1 aliphatic heterocycles. The van der Waals surface area contributed by atoms with E-state index in [0.717, 1.165) is 25.5 Å². The van der Waals surface area contributed by atoms with E-state index in [9.17, 15) is 13.6 Å². The van der Waals surface area contributed by atoms with Crippen LogP contribution in [0.1, 0.15) is 37.0 Å². The fraction of sp³-hybridized carbons (Fsp3) is 0.533. The van der Waals surface area contributed by atoms with Crippen LogP contribution in [0.2, 0.25) is 0 Å². The van der Waals surface area contributed by atoms with E-state index in [-0.39, 0.29) is 10.4 Å².